The van der Waals surface area contributed by atoms with Gasteiger partial charge in [0.1, 0.15) is 0 Å². The molecule has 0 aliphatic rings. The molecule has 1 amide bonds. The van der Waals surface area contributed by atoms with Crippen LogP contribution in [0.15, 0.2) is 12.4 Å². The van der Waals surface area contributed by atoms with Gasteiger partial charge in [0.25, 0.3) is 11.7 Å². The smallest absolute Gasteiger partial charge is 0.292 e. The molecule has 1 heterocycles. The number of carbonyl (C=O) groups is 2. The number of ketones is 1. The average Bonchev–Trinajstić information content (AvgIpc) is 2.83. The first-order valence-corrected chi connectivity index (χ1v) is 6.35. The fraction of sp³-hybridized carbons (Fsp3) is 0.615. The predicted octanol–water partition coefficient (Wildman–Crippen LogP) is 0.610. The van der Waals surface area contributed by atoms with Gasteiger partial charge < -0.3 is 10.4 Å². The molecule has 19 heavy (non-hydrogen) atoms. The van der Waals surface area contributed by atoms with Crippen molar-refractivity contribution < 1.29 is 14.7 Å². The van der Waals surface area contributed by atoms with Crippen molar-refractivity contribution in [2.24, 2.45) is 5.41 Å². The van der Waals surface area contributed by atoms with Crippen molar-refractivity contribution in [3.05, 3.63) is 18.0 Å². The zero-order valence-electron chi connectivity index (χ0n) is 11.6. The summed E-state index contributed by atoms with van der Waals surface area (Å²) in [5.74, 6) is -1.22. The van der Waals surface area contributed by atoms with Crippen molar-refractivity contribution in [2.75, 3.05) is 13.2 Å². The minimum Gasteiger partial charge on any atom is -0.396 e. The normalized spacial score (nSPS) is 11.4. The molecule has 0 unspecified atom stereocenters. The van der Waals surface area contributed by atoms with Crippen LogP contribution in [-0.4, -0.2) is 39.7 Å². The van der Waals surface area contributed by atoms with E-state index in [0.29, 0.717) is 25.1 Å². The van der Waals surface area contributed by atoms with Crippen molar-refractivity contribution in [1.82, 2.24) is 15.1 Å². The van der Waals surface area contributed by atoms with Gasteiger partial charge in [-0.05, 0) is 18.8 Å². The Balaban J connectivity index is 2.56. The van der Waals surface area contributed by atoms with Crippen LogP contribution in [0.1, 0.15) is 37.6 Å². The molecule has 1 aromatic heterocycles. The third-order valence-corrected chi connectivity index (χ3v) is 2.94. The lowest BCUT2D eigenvalue weighted by atomic mass is 9.89. The van der Waals surface area contributed by atoms with Gasteiger partial charge in [-0.1, -0.05) is 13.8 Å². The highest BCUT2D eigenvalue weighted by Crippen LogP contribution is 2.17. The SMILES string of the molecule is CCn1cc(C(=O)C(=O)NCC(C)(C)CCO)cn1. The molecule has 0 bridgehead atoms. The molecule has 2 N–H and O–H groups in total. The number of aliphatic hydroxyl groups is 1. The van der Waals surface area contributed by atoms with Crippen LogP contribution in [0.2, 0.25) is 0 Å². The number of amides is 1. The van der Waals surface area contributed by atoms with Gasteiger partial charge in [0.2, 0.25) is 0 Å². The van der Waals surface area contributed by atoms with Crippen LogP contribution in [0.4, 0.5) is 0 Å². The molecule has 1 rings (SSSR count). The number of hydrogen-bond donors (Lipinski definition) is 2. The van der Waals surface area contributed by atoms with E-state index in [2.05, 4.69) is 10.4 Å². The average molecular weight is 267 g/mol. The second-order valence-electron chi connectivity index (χ2n) is 5.23. The van der Waals surface area contributed by atoms with Crippen LogP contribution in [0.25, 0.3) is 0 Å². The number of aromatic nitrogens is 2. The number of carbonyl (C=O) groups excluding carboxylic acids is 2. The summed E-state index contributed by atoms with van der Waals surface area (Å²) in [4.78, 5) is 23.6. The highest BCUT2D eigenvalue weighted by molar-refractivity contribution is 6.42. The van der Waals surface area contributed by atoms with Gasteiger partial charge in [-0.25, -0.2) is 0 Å². The Morgan fingerprint density at radius 2 is 2.16 bits per heavy atom. The van der Waals surface area contributed by atoms with E-state index < -0.39 is 11.7 Å². The van der Waals surface area contributed by atoms with Crippen LogP contribution in [-0.2, 0) is 11.3 Å². The first kappa shape index (κ1) is 15.4. The number of nitrogens with one attached hydrogen (secondary N) is 1. The Morgan fingerprint density at radius 1 is 1.47 bits per heavy atom. The Kier molecular flexibility index (Phi) is 5.23. The first-order chi connectivity index (χ1) is 8.89. The molecule has 0 radical (unpaired) electrons. The lowest BCUT2D eigenvalue weighted by Crippen LogP contribution is -2.38. The van der Waals surface area contributed by atoms with Crippen LogP contribution in [0.3, 0.4) is 0 Å². The lowest BCUT2D eigenvalue weighted by molar-refractivity contribution is -0.117. The molecular formula is C13H21N3O3. The molecule has 0 aliphatic carbocycles. The lowest BCUT2D eigenvalue weighted by Gasteiger charge is -2.23. The standard InChI is InChI=1S/C13H21N3O3/c1-4-16-8-10(7-15-16)11(18)12(19)14-9-13(2,3)5-6-17/h7-8,17H,4-6,9H2,1-3H3,(H,14,19). The largest absolute Gasteiger partial charge is 0.396 e. The number of nitrogens with zero attached hydrogens (tertiary/aromatic N) is 2. The summed E-state index contributed by atoms with van der Waals surface area (Å²) in [6, 6.07) is 0. The molecular weight excluding hydrogens is 246 g/mol. The summed E-state index contributed by atoms with van der Waals surface area (Å²) in [5.41, 5.74) is 0.0532. The van der Waals surface area contributed by atoms with Crippen molar-refractivity contribution in [3.8, 4) is 0 Å². The molecule has 0 aliphatic heterocycles. The topological polar surface area (TPSA) is 84.2 Å². The molecule has 0 spiro atoms. The molecule has 0 fully saturated rings. The molecule has 6 nitrogen and oxygen atoms in total. The van der Waals surface area contributed by atoms with E-state index in [4.69, 9.17) is 5.11 Å². The molecule has 6 heteroatoms. The number of Topliss-reactive ketones (excluding diaryl/α,β-unsaturated/α-hetero) is 1. The van der Waals surface area contributed by atoms with E-state index in [1.54, 1.807) is 10.9 Å². The Bertz CT molecular complexity index is 452. The van der Waals surface area contributed by atoms with Gasteiger partial charge in [0.15, 0.2) is 0 Å². The summed E-state index contributed by atoms with van der Waals surface area (Å²) < 4.78 is 1.59. The minimum absolute atomic E-state index is 0.0556. The maximum absolute atomic E-state index is 11.8. The molecule has 0 saturated carbocycles. The second kappa shape index (κ2) is 6.47. The van der Waals surface area contributed by atoms with Gasteiger partial charge in [-0.3, -0.25) is 14.3 Å². The highest BCUT2D eigenvalue weighted by atomic mass is 16.3. The summed E-state index contributed by atoms with van der Waals surface area (Å²) in [6.07, 6.45) is 3.51. The van der Waals surface area contributed by atoms with Crippen LogP contribution in [0, 0.1) is 5.41 Å². The van der Waals surface area contributed by atoms with Crippen LogP contribution >= 0.6 is 0 Å². The number of aliphatic hydroxyl groups excluding tert-OH is 1. The maximum atomic E-state index is 11.8. The van der Waals surface area contributed by atoms with Gasteiger partial charge in [0.05, 0.1) is 11.8 Å². The number of hydrogen-bond acceptors (Lipinski definition) is 4. The molecule has 0 atom stereocenters. The number of aryl methyl sites for hydroxylation is 1. The van der Waals surface area contributed by atoms with E-state index in [9.17, 15) is 9.59 Å². The quantitative estimate of drug-likeness (QED) is 0.560. The van der Waals surface area contributed by atoms with Crippen LogP contribution < -0.4 is 5.32 Å². The zero-order valence-corrected chi connectivity index (χ0v) is 11.6. The van der Waals surface area contributed by atoms with Gasteiger partial charge in [-0.15, -0.1) is 0 Å². The first-order valence-electron chi connectivity index (χ1n) is 6.35. The van der Waals surface area contributed by atoms with E-state index in [1.807, 2.05) is 20.8 Å². The van der Waals surface area contributed by atoms with Crippen molar-refractivity contribution >= 4 is 11.7 Å². The fourth-order valence-corrected chi connectivity index (χ4v) is 1.58. The minimum atomic E-state index is -0.637. The Hall–Kier alpha value is -1.69. The molecule has 0 aromatic carbocycles. The van der Waals surface area contributed by atoms with Gasteiger partial charge in [-0.2, -0.15) is 5.10 Å². The van der Waals surface area contributed by atoms with E-state index in [1.165, 1.54) is 6.20 Å². The second-order valence-corrected chi connectivity index (χ2v) is 5.23. The predicted molar refractivity (Wildman–Crippen MR) is 70.7 cm³/mol. The monoisotopic (exact) mass is 267 g/mol. The van der Waals surface area contributed by atoms with Crippen LogP contribution in [0.5, 0.6) is 0 Å². The zero-order chi connectivity index (χ0) is 14.5. The van der Waals surface area contributed by atoms with Crippen molar-refractivity contribution in [3.63, 3.8) is 0 Å². The maximum Gasteiger partial charge on any atom is 0.292 e. The van der Waals surface area contributed by atoms with E-state index in [0.717, 1.165) is 0 Å². The Morgan fingerprint density at radius 3 is 2.68 bits per heavy atom. The molecule has 1 aromatic rings. The summed E-state index contributed by atoms with van der Waals surface area (Å²) in [5, 5.41) is 15.4. The van der Waals surface area contributed by atoms with Crippen molar-refractivity contribution in [1.29, 1.82) is 0 Å². The van der Waals surface area contributed by atoms with Gasteiger partial charge in [0, 0.05) is 25.9 Å². The van der Waals surface area contributed by atoms with E-state index in [-0.39, 0.29) is 12.0 Å². The number of rotatable bonds is 7. The summed E-state index contributed by atoms with van der Waals surface area (Å²) in [6.45, 7) is 6.80. The molecule has 106 valence electrons. The fourth-order valence-electron chi connectivity index (χ4n) is 1.58. The summed E-state index contributed by atoms with van der Waals surface area (Å²) in [7, 11) is 0. The van der Waals surface area contributed by atoms with Crippen molar-refractivity contribution in [2.45, 2.75) is 33.7 Å². The highest BCUT2D eigenvalue weighted by Gasteiger charge is 2.22. The third kappa shape index (κ3) is 4.48. The summed E-state index contributed by atoms with van der Waals surface area (Å²) >= 11 is 0. The van der Waals surface area contributed by atoms with E-state index >= 15 is 0 Å². The molecule has 0 saturated heterocycles. The van der Waals surface area contributed by atoms with Gasteiger partial charge >= 0.3 is 0 Å². The third-order valence-electron chi connectivity index (χ3n) is 2.94. The Labute approximate surface area is 112 Å².